The van der Waals surface area contributed by atoms with Crippen LogP contribution in [0.3, 0.4) is 0 Å². The SMILES string of the molecule is Cc1ccc(C2(c3ccccc3)NC(=O)N(CC(=O)Nc3sccc3C(N)=O)C2=O)cc1C. The molecule has 1 saturated heterocycles. The van der Waals surface area contributed by atoms with Crippen LogP contribution in [0.15, 0.2) is 60.0 Å². The van der Waals surface area contributed by atoms with Crippen LogP contribution in [0.5, 0.6) is 0 Å². The van der Waals surface area contributed by atoms with Crippen molar-refractivity contribution in [1.82, 2.24) is 10.2 Å². The van der Waals surface area contributed by atoms with Crippen molar-refractivity contribution in [3.05, 3.63) is 87.8 Å². The Hall–Kier alpha value is -3.98. The van der Waals surface area contributed by atoms with Crippen LogP contribution in [0.25, 0.3) is 0 Å². The molecule has 4 rings (SSSR count). The molecule has 33 heavy (non-hydrogen) atoms. The number of rotatable bonds is 6. The lowest BCUT2D eigenvalue weighted by Crippen LogP contribution is -2.45. The number of hydrogen-bond acceptors (Lipinski definition) is 5. The maximum absolute atomic E-state index is 13.7. The Bertz CT molecular complexity index is 1270. The highest BCUT2D eigenvalue weighted by Gasteiger charge is 2.54. The van der Waals surface area contributed by atoms with Crippen molar-refractivity contribution < 1.29 is 19.2 Å². The van der Waals surface area contributed by atoms with E-state index in [0.717, 1.165) is 27.4 Å². The van der Waals surface area contributed by atoms with Crippen LogP contribution in [-0.2, 0) is 15.1 Å². The minimum Gasteiger partial charge on any atom is -0.366 e. The van der Waals surface area contributed by atoms with E-state index in [1.807, 2.05) is 38.1 Å². The van der Waals surface area contributed by atoms with E-state index >= 15 is 0 Å². The van der Waals surface area contributed by atoms with Gasteiger partial charge in [0.2, 0.25) is 5.91 Å². The lowest BCUT2D eigenvalue weighted by Gasteiger charge is -2.28. The van der Waals surface area contributed by atoms with E-state index in [9.17, 15) is 19.2 Å². The molecule has 0 aliphatic carbocycles. The number of nitrogens with one attached hydrogen (secondary N) is 2. The molecule has 1 atom stereocenters. The molecular weight excluding hydrogens is 440 g/mol. The van der Waals surface area contributed by atoms with Crippen LogP contribution in [0.4, 0.5) is 9.80 Å². The fraction of sp³-hybridized carbons (Fsp3) is 0.167. The molecule has 1 aliphatic rings. The summed E-state index contributed by atoms with van der Waals surface area (Å²) >= 11 is 1.13. The Balaban J connectivity index is 1.68. The highest BCUT2D eigenvalue weighted by Crippen LogP contribution is 2.37. The normalized spacial score (nSPS) is 17.7. The van der Waals surface area contributed by atoms with Crippen molar-refractivity contribution in [1.29, 1.82) is 0 Å². The molecule has 8 nitrogen and oxygen atoms in total. The second-order valence-corrected chi connectivity index (χ2v) is 8.73. The van der Waals surface area contributed by atoms with E-state index in [2.05, 4.69) is 10.6 Å². The maximum atomic E-state index is 13.7. The lowest BCUT2D eigenvalue weighted by atomic mass is 9.81. The molecule has 1 aliphatic heterocycles. The molecule has 1 aromatic heterocycles. The fourth-order valence-corrected chi connectivity index (χ4v) is 4.66. The van der Waals surface area contributed by atoms with Gasteiger partial charge in [0, 0.05) is 0 Å². The Morgan fingerprint density at radius 3 is 2.42 bits per heavy atom. The second-order valence-electron chi connectivity index (χ2n) is 7.81. The number of nitrogens with zero attached hydrogens (tertiary/aromatic N) is 1. The first-order chi connectivity index (χ1) is 15.7. The summed E-state index contributed by atoms with van der Waals surface area (Å²) in [5.74, 6) is -1.86. The van der Waals surface area contributed by atoms with Gasteiger partial charge in [0.25, 0.3) is 11.8 Å². The van der Waals surface area contributed by atoms with E-state index in [-0.39, 0.29) is 10.6 Å². The minimum absolute atomic E-state index is 0.166. The molecule has 9 heteroatoms. The first-order valence-corrected chi connectivity index (χ1v) is 11.1. The molecule has 0 saturated carbocycles. The summed E-state index contributed by atoms with van der Waals surface area (Å²) in [6.45, 7) is 3.38. The van der Waals surface area contributed by atoms with E-state index in [1.54, 1.807) is 29.6 Å². The summed E-state index contributed by atoms with van der Waals surface area (Å²) in [6, 6.07) is 15.3. The van der Waals surface area contributed by atoms with Gasteiger partial charge in [-0.05, 0) is 47.5 Å². The number of aryl methyl sites for hydroxylation is 2. The zero-order valence-electron chi connectivity index (χ0n) is 18.0. The van der Waals surface area contributed by atoms with E-state index < -0.39 is 35.8 Å². The number of carbonyl (C=O) groups excluding carboxylic acids is 4. The Morgan fingerprint density at radius 1 is 1.03 bits per heavy atom. The number of carbonyl (C=O) groups is 4. The summed E-state index contributed by atoms with van der Waals surface area (Å²) in [5.41, 5.74) is 7.24. The summed E-state index contributed by atoms with van der Waals surface area (Å²) in [7, 11) is 0. The van der Waals surface area contributed by atoms with Gasteiger partial charge in [-0.2, -0.15) is 0 Å². The number of amides is 5. The Morgan fingerprint density at radius 2 is 1.76 bits per heavy atom. The van der Waals surface area contributed by atoms with Crippen LogP contribution in [0.1, 0.15) is 32.6 Å². The van der Waals surface area contributed by atoms with Crippen molar-refractivity contribution in [2.24, 2.45) is 5.73 Å². The third-order valence-electron chi connectivity index (χ3n) is 5.74. The smallest absolute Gasteiger partial charge is 0.326 e. The number of benzene rings is 2. The van der Waals surface area contributed by atoms with Crippen LogP contribution in [0.2, 0.25) is 0 Å². The van der Waals surface area contributed by atoms with Crippen LogP contribution in [0, 0.1) is 13.8 Å². The minimum atomic E-state index is -1.46. The number of anilines is 1. The largest absolute Gasteiger partial charge is 0.366 e. The summed E-state index contributed by atoms with van der Waals surface area (Å²) < 4.78 is 0. The van der Waals surface area contributed by atoms with Crippen molar-refractivity contribution >= 4 is 40.1 Å². The van der Waals surface area contributed by atoms with Gasteiger partial charge in [-0.15, -0.1) is 11.3 Å². The van der Waals surface area contributed by atoms with E-state index in [1.165, 1.54) is 6.07 Å². The number of nitrogens with two attached hydrogens (primary N) is 1. The molecule has 3 aromatic rings. The van der Waals surface area contributed by atoms with Crippen LogP contribution >= 0.6 is 11.3 Å². The predicted octanol–water partition coefficient (Wildman–Crippen LogP) is 2.90. The molecule has 168 valence electrons. The van der Waals surface area contributed by atoms with E-state index in [4.69, 9.17) is 5.73 Å². The number of hydrogen-bond donors (Lipinski definition) is 3. The first kappa shape index (κ1) is 22.2. The third kappa shape index (κ3) is 3.87. The Kier molecular flexibility index (Phi) is 5.73. The van der Waals surface area contributed by atoms with Gasteiger partial charge in [0.15, 0.2) is 5.54 Å². The van der Waals surface area contributed by atoms with Crippen molar-refractivity contribution in [3.8, 4) is 0 Å². The zero-order chi connectivity index (χ0) is 23.8. The number of urea groups is 1. The first-order valence-electron chi connectivity index (χ1n) is 10.2. The summed E-state index contributed by atoms with van der Waals surface area (Å²) in [6.07, 6.45) is 0. The molecule has 0 spiro atoms. The van der Waals surface area contributed by atoms with Gasteiger partial charge < -0.3 is 16.4 Å². The molecule has 4 N–H and O–H groups in total. The number of imide groups is 1. The van der Waals surface area contributed by atoms with Gasteiger partial charge in [0.1, 0.15) is 11.5 Å². The zero-order valence-corrected chi connectivity index (χ0v) is 18.9. The lowest BCUT2D eigenvalue weighted by molar-refractivity contribution is -0.133. The van der Waals surface area contributed by atoms with E-state index in [0.29, 0.717) is 11.1 Å². The molecule has 0 radical (unpaired) electrons. The van der Waals surface area contributed by atoms with Gasteiger partial charge in [-0.3, -0.25) is 19.3 Å². The quantitative estimate of drug-likeness (QED) is 0.488. The second kappa shape index (κ2) is 8.51. The van der Waals surface area contributed by atoms with Crippen molar-refractivity contribution in [2.75, 3.05) is 11.9 Å². The predicted molar refractivity (Wildman–Crippen MR) is 125 cm³/mol. The molecule has 1 unspecified atom stereocenters. The van der Waals surface area contributed by atoms with Gasteiger partial charge >= 0.3 is 6.03 Å². The highest BCUT2D eigenvalue weighted by atomic mass is 32.1. The molecular formula is C24H22N4O4S. The summed E-state index contributed by atoms with van der Waals surface area (Å²) in [4.78, 5) is 51.8. The molecule has 1 fully saturated rings. The highest BCUT2D eigenvalue weighted by molar-refractivity contribution is 7.14. The monoisotopic (exact) mass is 462 g/mol. The molecule has 0 bridgehead atoms. The maximum Gasteiger partial charge on any atom is 0.326 e. The van der Waals surface area contributed by atoms with Crippen molar-refractivity contribution in [3.63, 3.8) is 0 Å². The Labute approximate surface area is 194 Å². The van der Waals surface area contributed by atoms with Gasteiger partial charge in [0.05, 0.1) is 5.56 Å². The average molecular weight is 463 g/mol. The summed E-state index contributed by atoms with van der Waals surface area (Å²) in [5, 5.41) is 7.28. The standard InChI is InChI=1S/C24H22N4O4S/c1-14-8-9-17(12-15(14)2)24(16-6-4-3-5-7-16)22(31)28(23(32)27-24)13-19(29)26-21-18(20(25)30)10-11-33-21/h3-12H,13H2,1-2H3,(H2,25,30)(H,26,29)(H,27,32). The topological polar surface area (TPSA) is 122 Å². The van der Waals surface area contributed by atoms with Crippen molar-refractivity contribution in [2.45, 2.75) is 19.4 Å². The van der Waals surface area contributed by atoms with Crippen LogP contribution in [-0.4, -0.2) is 35.2 Å². The molecule has 5 amide bonds. The van der Waals surface area contributed by atoms with Gasteiger partial charge in [-0.25, -0.2) is 4.79 Å². The number of primary amides is 1. The number of thiophene rings is 1. The van der Waals surface area contributed by atoms with Crippen LogP contribution < -0.4 is 16.4 Å². The average Bonchev–Trinajstić information content (AvgIpc) is 3.35. The molecule has 2 aromatic carbocycles. The third-order valence-corrected chi connectivity index (χ3v) is 6.57. The fourth-order valence-electron chi connectivity index (χ4n) is 3.85. The van der Waals surface area contributed by atoms with Gasteiger partial charge in [-0.1, -0.05) is 48.5 Å². The molecule has 2 heterocycles.